The van der Waals surface area contributed by atoms with E-state index in [0.717, 1.165) is 32.3 Å². The van der Waals surface area contributed by atoms with E-state index in [9.17, 15) is 0 Å². The van der Waals surface area contributed by atoms with Gasteiger partial charge in [0, 0.05) is 12.6 Å². The van der Waals surface area contributed by atoms with Crippen molar-refractivity contribution in [3.8, 4) is 0 Å². The number of hydrogen-bond donors (Lipinski definition) is 1. The zero-order valence-electron chi connectivity index (χ0n) is 18.3. The molecule has 2 aromatic carbocycles. The van der Waals surface area contributed by atoms with E-state index in [2.05, 4.69) is 88.0 Å². The molecule has 2 nitrogen and oxygen atoms in total. The van der Waals surface area contributed by atoms with Gasteiger partial charge >= 0.3 is 0 Å². The molecule has 0 unspecified atom stereocenters. The third kappa shape index (κ3) is 4.74. The molecular weight excluding hydrogens is 370 g/mol. The van der Waals surface area contributed by atoms with Crippen LogP contribution in [-0.2, 0) is 4.43 Å². The molecule has 0 radical (unpaired) electrons. The van der Waals surface area contributed by atoms with Crippen molar-refractivity contribution >= 4 is 18.7 Å². The molecule has 0 bridgehead atoms. The van der Waals surface area contributed by atoms with Crippen LogP contribution in [-0.4, -0.2) is 21.0 Å². The lowest BCUT2D eigenvalue weighted by molar-refractivity contribution is 0.155. The Hall–Kier alpha value is -1.68. The van der Waals surface area contributed by atoms with Gasteiger partial charge in [-0.15, -0.1) is 6.58 Å². The fourth-order valence-corrected chi connectivity index (χ4v) is 9.67. The average molecular weight is 408 g/mol. The van der Waals surface area contributed by atoms with Crippen LogP contribution >= 0.6 is 0 Å². The molecule has 0 aromatic heterocycles. The van der Waals surface area contributed by atoms with Crippen molar-refractivity contribution in [1.82, 2.24) is 0 Å². The van der Waals surface area contributed by atoms with Crippen molar-refractivity contribution in [2.24, 2.45) is 17.6 Å². The molecule has 0 heterocycles. The second-order valence-electron chi connectivity index (χ2n) is 9.60. The standard InChI is InChI=1S/C26H37NOSi/c1-5-12-22-19-21(17-18-25(22)27)20-28-29(26(2,3)4,23-13-8-6-9-14-23)24-15-10-7-11-16-24/h5-11,13-16,21-22,25H,1,12,17-20,27H2,2-4H3/t21-,22-,25+/m0/s1. The fourth-order valence-electron chi connectivity index (χ4n) is 5.03. The van der Waals surface area contributed by atoms with Crippen LogP contribution < -0.4 is 16.1 Å². The van der Waals surface area contributed by atoms with Gasteiger partial charge in [-0.25, -0.2) is 0 Å². The van der Waals surface area contributed by atoms with Gasteiger partial charge in [0.2, 0.25) is 0 Å². The highest BCUT2D eigenvalue weighted by Gasteiger charge is 2.50. The number of allylic oxidation sites excluding steroid dienone is 1. The quantitative estimate of drug-likeness (QED) is 0.524. The number of rotatable bonds is 7. The minimum absolute atomic E-state index is 0.0291. The Morgan fingerprint density at radius 3 is 2.03 bits per heavy atom. The fraction of sp³-hybridized carbons (Fsp3) is 0.462. The van der Waals surface area contributed by atoms with Gasteiger partial charge in [-0.3, -0.25) is 0 Å². The maximum atomic E-state index is 7.14. The van der Waals surface area contributed by atoms with E-state index < -0.39 is 8.32 Å². The molecule has 1 fully saturated rings. The number of benzene rings is 2. The molecule has 0 amide bonds. The smallest absolute Gasteiger partial charge is 0.261 e. The Kier molecular flexibility index (Phi) is 7.15. The Bertz CT molecular complexity index is 729. The minimum Gasteiger partial charge on any atom is -0.407 e. The van der Waals surface area contributed by atoms with E-state index >= 15 is 0 Å². The number of hydrogen-bond acceptors (Lipinski definition) is 2. The summed E-state index contributed by atoms with van der Waals surface area (Å²) in [6.07, 6.45) is 6.43. The summed E-state index contributed by atoms with van der Waals surface area (Å²) < 4.78 is 7.14. The highest BCUT2D eigenvalue weighted by atomic mass is 28.4. The largest absolute Gasteiger partial charge is 0.407 e. The summed E-state index contributed by atoms with van der Waals surface area (Å²) in [4.78, 5) is 0. The van der Waals surface area contributed by atoms with Crippen LogP contribution in [0.4, 0.5) is 0 Å². The molecule has 1 aliphatic rings. The summed E-state index contributed by atoms with van der Waals surface area (Å²) in [6, 6.07) is 22.1. The Balaban J connectivity index is 1.93. The van der Waals surface area contributed by atoms with Crippen molar-refractivity contribution in [2.45, 2.75) is 57.5 Å². The van der Waals surface area contributed by atoms with Gasteiger partial charge in [-0.05, 0) is 52.9 Å². The van der Waals surface area contributed by atoms with Crippen molar-refractivity contribution in [3.05, 3.63) is 73.3 Å². The van der Waals surface area contributed by atoms with Crippen LogP contribution in [0.15, 0.2) is 73.3 Å². The zero-order chi connectivity index (χ0) is 20.9. The number of nitrogens with two attached hydrogens (primary N) is 1. The van der Waals surface area contributed by atoms with Crippen molar-refractivity contribution in [1.29, 1.82) is 0 Å². The Morgan fingerprint density at radius 2 is 1.55 bits per heavy atom. The molecule has 0 spiro atoms. The summed E-state index contributed by atoms with van der Waals surface area (Å²) in [5, 5.41) is 2.74. The molecule has 1 saturated carbocycles. The maximum absolute atomic E-state index is 7.14. The summed E-state index contributed by atoms with van der Waals surface area (Å²) in [5.41, 5.74) is 6.38. The second-order valence-corrected chi connectivity index (χ2v) is 13.9. The first-order valence-corrected chi connectivity index (χ1v) is 12.9. The minimum atomic E-state index is -2.44. The lowest BCUT2D eigenvalue weighted by Gasteiger charge is -2.44. The molecule has 0 aliphatic heterocycles. The topological polar surface area (TPSA) is 35.2 Å². The SMILES string of the molecule is C=CC[C@H]1C[C@@H](CO[Si](c2ccccc2)(c2ccccc2)C(C)(C)C)CC[C@H]1N. The lowest BCUT2D eigenvalue weighted by Crippen LogP contribution is -2.67. The van der Waals surface area contributed by atoms with E-state index in [1.807, 2.05) is 6.08 Å². The van der Waals surface area contributed by atoms with Gasteiger partial charge in [-0.1, -0.05) is 87.5 Å². The molecule has 2 N–H and O–H groups in total. The molecule has 29 heavy (non-hydrogen) atoms. The van der Waals surface area contributed by atoms with E-state index in [-0.39, 0.29) is 5.04 Å². The summed E-state index contributed by atoms with van der Waals surface area (Å²) in [6.45, 7) is 11.8. The van der Waals surface area contributed by atoms with E-state index in [1.54, 1.807) is 0 Å². The van der Waals surface area contributed by atoms with E-state index in [1.165, 1.54) is 10.4 Å². The van der Waals surface area contributed by atoms with Crippen molar-refractivity contribution in [3.63, 3.8) is 0 Å². The predicted molar refractivity (Wildman–Crippen MR) is 127 cm³/mol. The van der Waals surface area contributed by atoms with Gasteiger partial charge in [0.25, 0.3) is 8.32 Å². The van der Waals surface area contributed by atoms with Crippen LogP contribution in [0.25, 0.3) is 0 Å². The maximum Gasteiger partial charge on any atom is 0.261 e. The predicted octanol–water partition coefficient (Wildman–Crippen LogP) is 4.88. The molecule has 3 rings (SSSR count). The lowest BCUT2D eigenvalue weighted by atomic mass is 9.77. The van der Waals surface area contributed by atoms with Crippen molar-refractivity contribution < 1.29 is 4.43 Å². The van der Waals surface area contributed by atoms with E-state index in [4.69, 9.17) is 10.2 Å². The second kappa shape index (κ2) is 9.42. The van der Waals surface area contributed by atoms with Crippen LogP contribution in [0.1, 0.15) is 46.5 Å². The summed E-state index contributed by atoms with van der Waals surface area (Å²) in [7, 11) is -2.44. The summed E-state index contributed by atoms with van der Waals surface area (Å²) >= 11 is 0. The molecule has 0 saturated heterocycles. The highest BCUT2D eigenvalue weighted by molar-refractivity contribution is 6.99. The zero-order valence-corrected chi connectivity index (χ0v) is 19.3. The first kappa shape index (κ1) is 22.0. The monoisotopic (exact) mass is 407 g/mol. The van der Waals surface area contributed by atoms with Gasteiger partial charge in [0.1, 0.15) is 0 Å². The van der Waals surface area contributed by atoms with Gasteiger partial charge in [0.15, 0.2) is 0 Å². The normalized spacial score (nSPS) is 23.0. The Labute approximate surface area is 178 Å². The van der Waals surface area contributed by atoms with E-state index in [0.29, 0.717) is 17.9 Å². The highest BCUT2D eigenvalue weighted by Crippen LogP contribution is 2.38. The molecule has 156 valence electrons. The van der Waals surface area contributed by atoms with Crippen LogP contribution in [0.2, 0.25) is 5.04 Å². The van der Waals surface area contributed by atoms with Gasteiger partial charge in [0.05, 0.1) is 0 Å². The van der Waals surface area contributed by atoms with Crippen molar-refractivity contribution in [2.75, 3.05) is 6.61 Å². The van der Waals surface area contributed by atoms with Crippen LogP contribution in [0.5, 0.6) is 0 Å². The third-order valence-electron chi connectivity index (χ3n) is 6.57. The van der Waals surface area contributed by atoms with Crippen LogP contribution in [0.3, 0.4) is 0 Å². The third-order valence-corrected chi connectivity index (χ3v) is 11.6. The molecule has 1 aliphatic carbocycles. The molecular formula is C26H37NOSi. The first-order chi connectivity index (χ1) is 13.9. The average Bonchev–Trinajstić information content (AvgIpc) is 2.71. The summed E-state index contributed by atoms with van der Waals surface area (Å²) in [5.74, 6) is 1.11. The van der Waals surface area contributed by atoms with Gasteiger partial charge < -0.3 is 10.2 Å². The first-order valence-electron chi connectivity index (χ1n) is 11.0. The molecule has 3 heteroatoms. The van der Waals surface area contributed by atoms with Crippen LogP contribution in [0, 0.1) is 11.8 Å². The van der Waals surface area contributed by atoms with Gasteiger partial charge in [-0.2, -0.15) is 0 Å². The molecule has 2 aromatic rings. The molecule has 3 atom stereocenters. The Morgan fingerprint density at radius 1 is 1.00 bits per heavy atom.